The molecule has 0 aromatic carbocycles. The Morgan fingerprint density at radius 2 is 2.05 bits per heavy atom. The second kappa shape index (κ2) is 6.57. The van der Waals surface area contributed by atoms with Crippen molar-refractivity contribution in [1.29, 1.82) is 0 Å². The number of hydrogen-bond acceptors (Lipinski definition) is 4. The van der Waals surface area contributed by atoms with Gasteiger partial charge in [-0.15, -0.1) is 0 Å². The van der Waals surface area contributed by atoms with Gasteiger partial charge in [-0.05, 0) is 6.92 Å². The van der Waals surface area contributed by atoms with Crippen LogP contribution in [-0.4, -0.2) is 68.9 Å². The Labute approximate surface area is 123 Å². The number of amides is 2. The predicted molar refractivity (Wildman–Crippen MR) is 75.7 cm³/mol. The van der Waals surface area contributed by atoms with Crippen molar-refractivity contribution in [1.82, 2.24) is 24.9 Å². The fraction of sp³-hybridized carbons (Fsp3) is 0.615. The summed E-state index contributed by atoms with van der Waals surface area (Å²) in [5.74, 6) is -0.829. The van der Waals surface area contributed by atoms with Crippen LogP contribution in [0.15, 0.2) is 12.4 Å². The molecular formula is C13H21N5O3. The lowest BCUT2D eigenvalue weighted by molar-refractivity contribution is -0.143. The van der Waals surface area contributed by atoms with Gasteiger partial charge in [-0.25, -0.2) is 4.79 Å². The molecule has 0 radical (unpaired) electrons. The summed E-state index contributed by atoms with van der Waals surface area (Å²) < 4.78 is 1.69. The molecule has 1 aromatic heterocycles. The maximum absolute atomic E-state index is 12.0. The van der Waals surface area contributed by atoms with Crippen LogP contribution >= 0.6 is 0 Å². The van der Waals surface area contributed by atoms with Crippen LogP contribution in [0.4, 0.5) is 4.79 Å². The Bertz CT molecular complexity index is 508. The van der Waals surface area contributed by atoms with Crippen molar-refractivity contribution >= 4 is 12.0 Å². The SMILES string of the molecule is CC(C(=O)O)N1CCN(C(=O)NCc2cnn(C)c2)CC1. The smallest absolute Gasteiger partial charge is 0.320 e. The summed E-state index contributed by atoms with van der Waals surface area (Å²) >= 11 is 0. The molecule has 0 aliphatic carbocycles. The molecule has 1 aliphatic heterocycles. The first-order valence-electron chi connectivity index (χ1n) is 6.94. The Morgan fingerprint density at radius 1 is 1.38 bits per heavy atom. The van der Waals surface area contributed by atoms with Crippen LogP contribution in [0.2, 0.25) is 0 Å². The lowest BCUT2D eigenvalue weighted by Crippen LogP contribution is -2.55. The number of aromatic nitrogens is 2. The van der Waals surface area contributed by atoms with Crippen LogP contribution in [0, 0.1) is 0 Å². The summed E-state index contributed by atoms with van der Waals surface area (Å²) in [5, 5.41) is 15.9. The number of aliphatic carboxylic acids is 1. The lowest BCUT2D eigenvalue weighted by atomic mass is 10.2. The van der Waals surface area contributed by atoms with Crippen LogP contribution in [0.25, 0.3) is 0 Å². The molecule has 1 aliphatic rings. The average Bonchev–Trinajstić information content (AvgIpc) is 2.89. The summed E-state index contributed by atoms with van der Waals surface area (Å²) in [6, 6.07) is -0.632. The van der Waals surface area contributed by atoms with Gasteiger partial charge in [-0.3, -0.25) is 14.4 Å². The Hall–Kier alpha value is -2.09. The third kappa shape index (κ3) is 3.94. The van der Waals surface area contributed by atoms with Gasteiger partial charge >= 0.3 is 12.0 Å². The van der Waals surface area contributed by atoms with Crippen LogP contribution in [0.5, 0.6) is 0 Å². The highest BCUT2D eigenvalue weighted by atomic mass is 16.4. The highest BCUT2D eigenvalue weighted by molar-refractivity contribution is 5.75. The third-order valence-corrected chi connectivity index (χ3v) is 3.71. The van der Waals surface area contributed by atoms with Crippen molar-refractivity contribution in [2.24, 2.45) is 7.05 Å². The summed E-state index contributed by atoms with van der Waals surface area (Å²) in [7, 11) is 1.83. The minimum absolute atomic E-state index is 0.124. The van der Waals surface area contributed by atoms with Crippen LogP contribution in [0.1, 0.15) is 12.5 Å². The maximum Gasteiger partial charge on any atom is 0.320 e. The van der Waals surface area contributed by atoms with E-state index in [0.717, 1.165) is 5.56 Å². The molecule has 1 atom stereocenters. The normalized spacial score (nSPS) is 17.5. The molecule has 116 valence electrons. The number of nitrogens with zero attached hydrogens (tertiary/aromatic N) is 4. The molecule has 2 amide bonds. The standard InChI is InChI=1S/C13H21N5O3/c1-10(12(19)20)17-3-5-18(6-4-17)13(21)14-7-11-8-15-16(2)9-11/h8-10H,3-7H2,1-2H3,(H,14,21)(H,19,20). The number of carbonyl (C=O) groups excluding carboxylic acids is 1. The summed E-state index contributed by atoms with van der Waals surface area (Å²) in [6.45, 7) is 4.34. The highest BCUT2D eigenvalue weighted by Crippen LogP contribution is 2.07. The van der Waals surface area contributed by atoms with Gasteiger partial charge < -0.3 is 15.3 Å². The number of aryl methyl sites for hydroxylation is 1. The fourth-order valence-electron chi connectivity index (χ4n) is 2.32. The van der Waals surface area contributed by atoms with E-state index >= 15 is 0 Å². The molecule has 0 saturated carbocycles. The van der Waals surface area contributed by atoms with Crippen molar-refractivity contribution in [2.45, 2.75) is 19.5 Å². The summed E-state index contributed by atoms with van der Waals surface area (Å²) in [5.41, 5.74) is 0.948. The highest BCUT2D eigenvalue weighted by Gasteiger charge is 2.26. The fourth-order valence-corrected chi connectivity index (χ4v) is 2.32. The zero-order valence-electron chi connectivity index (χ0n) is 12.3. The number of rotatable bonds is 4. The van der Waals surface area contributed by atoms with E-state index < -0.39 is 12.0 Å². The predicted octanol–water partition coefficient (Wildman–Crippen LogP) is -0.280. The molecule has 0 spiro atoms. The zero-order chi connectivity index (χ0) is 15.4. The first kappa shape index (κ1) is 15.3. The van der Waals surface area contributed by atoms with E-state index in [2.05, 4.69) is 10.4 Å². The van der Waals surface area contributed by atoms with Gasteiger partial charge in [0.05, 0.1) is 6.20 Å². The second-order valence-electron chi connectivity index (χ2n) is 5.22. The Balaban J connectivity index is 1.76. The number of carbonyl (C=O) groups is 2. The molecule has 8 nitrogen and oxygen atoms in total. The van der Waals surface area contributed by atoms with E-state index in [1.165, 1.54) is 0 Å². The van der Waals surface area contributed by atoms with Crippen LogP contribution < -0.4 is 5.32 Å². The van der Waals surface area contributed by atoms with E-state index in [9.17, 15) is 9.59 Å². The molecule has 2 N–H and O–H groups in total. The first-order valence-corrected chi connectivity index (χ1v) is 6.94. The Morgan fingerprint density at radius 3 is 2.57 bits per heavy atom. The second-order valence-corrected chi connectivity index (χ2v) is 5.22. The topological polar surface area (TPSA) is 90.7 Å². The van der Waals surface area contributed by atoms with Gasteiger partial charge in [0.2, 0.25) is 0 Å². The van der Waals surface area contributed by atoms with Gasteiger partial charge in [0.1, 0.15) is 6.04 Å². The van der Waals surface area contributed by atoms with Crippen molar-refractivity contribution in [3.05, 3.63) is 18.0 Å². The number of carboxylic acid groups (broad SMARTS) is 1. The number of hydrogen-bond donors (Lipinski definition) is 2. The molecule has 21 heavy (non-hydrogen) atoms. The van der Waals surface area contributed by atoms with Gasteiger partial charge in [0.15, 0.2) is 0 Å². The van der Waals surface area contributed by atoms with Crippen molar-refractivity contribution in [3.8, 4) is 0 Å². The third-order valence-electron chi connectivity index (χ3n) is 3.71. The van der Waals surface area contributed by atoms with Crippen molar-refractivity contribution < 1.29 is 14.7 Å². The van der Waals surface area contributed by atoms with Gasteiger partial charge in [0.25, 0.3) is 0 Å². The molecule has 2 heterocycles. The summed E-state index contributed by atoms with van der Waals surface area (Å²) in [6.07, 6.45) is 3.57. The molecule has 1 saturated heterocycles. The number of nitrogens with one attached hydrogen (secondary N) is 1. The molecule has 1 unspecified atom stereocenters. The van der Waals surface area contributed by atoms with Crippen LogP contribution in [0.3, 0.4) is 0 Å². The largest absolute Gasteiger partial charge is 0.480 e. The molecule has 0 bridgehead atoms. The number of urea groups is 1. The molecule has 1 aromatic rings. The molecular weight excluding hydrogens is 274 g/mol. The van der Waals surface area contributed by atoms with E-state index in [-0.39, 0.29) is 6.03 Å². The molecule has 8 heteroatoms. The minimum atomic E-state index is -0.829. The zero-order valence-corrected chi connectivity index (χ0v) is 12.3. The van der Waals surface area contributed by atoms with Crippen molar-refractivity contribution in [3.63, 3.8) is 0 Å². The van der Waals surface area contributed by atoms with E-state index in [1.807, 2.05) is 18.1 Å². The van der Waals surface area contributed by atoms with Crippen molar-refractivity contribution in [2.75, 3.05) is 26.2 Å². The van der Waals surface area contributed by atoms with Gasteiger partial charge in [-0.1, -0.05) is 0 Å². The van der Waals surface area contributed by atoms with Crippen LogP contribution in [-0.2, 0) is 18.4 Å². The Kier molecular flexibility index (Phi) is 4.79. The molecule has 2 rings (SSSR count). The number of carboxylic acids is 1. The number of piperazine rings is 1. The monoisotopic (exact) mass is 295 g/mol. The first-order chi connectivity index (χ1) is 9.97. The minimum Gasteiger partial charge on any atom is -0.480 e. The summed E-state index contributed by atoms with van der Waals surface area (Å²) in [4.78, 5) is 26.6. The van der Waals surface area contributed by atoms with E-state index in [0.29, 0.717) is 32.7 Å². The average molecular weight is 295 g/mol. The maximum atomic E-state index is 12.0. The lowest BCUT2D eigenvalue weighted by Gasteiger charge is -2.36. The van der Waals surface area contributed by atoms with E-state index in [4.69, 9.17) is 5.11 Å². The van der Waals surface area contributed by atoms with Gasteiger partial charge in [0, 0.05) is 51.5 Å². The quantitative estimate of drug-likeness (QED) is 0.797. The van der Waals surface area contributed by atoms with E-state index in [1.54, 1.807) is 22.7 Å². The molecule has 1 fully saturated rings. The van der Waals surface area contributed by atoms with Gasteiger partial charge in [-0.2, -0.15) is 5.10 Å².